The third kappa shape index (κ3) is 5.17. The van der Waals surface area contributed by atoms with E-state index in [0.717, 1.165) is 10.8 Å². The second kappa shape index (κ2) is 11.5. The standard InChI is InChI=1S/C31H30N2O6S/c1-18(2)39-25-12-8-7-11-22(25)28-27(30(36)38-16-15-37-4)19(3)32-31-33(28)29(35)26(40-31)17-23-21-10-6-5-9-20(21)13-14-24(23)34/h5-14,17-18,28,34H,15-16H2,1-4H3/b26-17+/t28-/m0/s1. The summed E-state index contributed by atoms with van der Waals surface area (Å²) >= 11 is 1.20. The Hall–Kier alpha value is -4.21. The molecule has 0 aliphatic carbocycles. The van der Waals surface area contributed by atoms with Gasteiger partial charge in [-0.1, -0.05) is 59.9 Å². The van der Waals surface area contributed by atoms with Crippen LogP contribution < -0.4 is 19.6 Å². The van der Waals surface area contributed by atoms with Gasteiger partial charge in [-0.2, -0.15) is 0 Å². The van der Waals surface area contributed by atoms with E-state index in [4.69, 9.17) is 14.2 Å². The number of aromatic hydroxyl groups is 1. The summed E-state index contributed by atoms with van der Waals surface area (Å²) in [4.78, 5) is 32.6. The molecule has 9 heteroatoms. The molecule has 8 nitrogen and oxygen atoms in total. The van der Waals surface area contributed by atoms with Gasteiger partial charge < -0.3 is 19.3 Å². The van der Waals surface area contributed by atoms with E-state index in [2.05, 4.69) is 4.99 Å². The predicted molar refractivity (Wildman–Crippen MR) is 154 cm³/mol. The molecule has 0 fully saturated rings. The number of hydrogen-bond acceptors (Lipinski definition) is 8. The minimum absolute atomic E-state index is 0.0632. The number of rotatable bonds is 8. The molecule has 0 amide bonds. The molecule has 0 saturated carbocycles. The van der Waals surface area contributed by atoms with Gasteiger partial charge in [-0.3, -0.25) is 9.36 Å². The Balaban J connectivity index is 1.74. The van der Waals surface area contributed by atoms with Gasteiger partial charge in [-0.25, -0.2) is 9.79 Å². The van der Waals surface area contributed by atoms with Crippen molar-refractivity contribution < 1.29 is 24.1 Å². The number of thiazole rings is 1. The largest absolute Gasteiger partial charge is 0.507 e. The lowest BCUT2D eigenvalue weighted by molar-refractivity contribution is -0.140. The zero-order valence-electron chi connectivity index (χ0n) is 22.7. The summed E-state index contributed by atoms with van der Waals surface area (Å²) in [6.07, 6.45) is 1.55. The summed E-state index contributed by atoms with van der Waals surface area (Å²) < 4.78 is 18.5. The average Bonchev–Trinajstić information content (AvgIpc) is 3.23. The summed E-state index contributed by atoms with van der Waals surface area (Å²) in [6, 6.07) is 17.6. The normalized spacial score (nSPS) is 15.3. The fourth-order valence-corrected chi connectivity index (χ4v) is 5.84. The van der Waals surface area contributed by atoms with Crippen molar-refractivity contribution in [2.45, 2.75) is 32.9 Å². The Morgan fingerprint density at radius 2 is 1.85 bits per heavy atom. The van der Waals surface area contributed by atoms with E-state index in [0.29, 0.717) is 31.9 Å². The van der Waals surface area contributed by atoms with Crippen LogP contribution >= 0.6 is 11.3 Å². The minimum atomic E-state index is -0.829. The van der Waals surface area contributed by atoms with Crippen LogP contribution in [0.1, 0.15) is 37.9 Å². The van der Waals surface area contributed by atoms with Crippen molar-refractivity contribution in [1.82, 2.24) is 4.57 Å². The second-order valence-electron chi connectivity index (χ2n) is 9.63. The van der Waals surface area contributed by atoms with E-state index in [1.165, 1.54) is 23.0 Å². The highest BCUT2D eigenvalue weighted by molar-refractivity contribution is 7.07. The van der Waals surface area contributed by atoms with Gasteiger partial charge in [0.05, 0.1) is 28.5 Å². The van der Waals surface area contributed by atoms with Gasteiger partial charge in [0.25, 0.3) is 5.56 Å². The molecule has 0 bridgehead atoms. The lowest BCUT2D eigenvalue weighted by atomic mass is 9.95. The highest BCUT2D eigenvalue weighted by Gasteiger charge is 2.35. The molecule has 2 heterocycles. The molecule has 1 aromatic heterocycles. The fourth-order valence-electron chi connectivity index (χ4n) is 4.81. The van der Waals surface area contributed by atoms with Crippen LogP contribution in [0, 0.1) is 0 Å². The van der Waals surface area contributed by atoms with Crippen molar-refractivity contribution in [2.24, 2.45) is 4.99 Å². The number of carbonyl (C=O) groups is 1. The maximum absolute atomic E-state index is 14.1. The Morgan fingerprint density at radius 3 is 2.62 bits per heavy atom. The maximum atomic E-state index is 14.1. The first-order chi connectivity index (χ1) is 19.3. The number of ether oxygens (including phenoxy) is 3. The predicted octanol–water partition coefficient (Wildman–Crippen LogP) is 4.07. The zero-order valence-corrected chi connectivity index (χ0v) is 23.5. The summed E-state index contributed by atoms with van der Waals surface area (Å²) in [7, 11) is 1.53. The van der Waals surface area contributed by atoms with E-state index in [1.54, 1.807) is 19.1 Å². The monoisotopic (exact) mass is 558 g/mol. The molecule has 5 rings (SSSR count). The van der Waals surface area contributed by atoms with Crippen molar-refractivity contribution in [1.29, 1.82) is 0 Å². The number of benzene rings is 3. The molecule has 3 aromatic carbocycles. The summed E-state index contributed by atoms with van der Waals surface area (Å²) in [5.41, 5.74) is 1.55. The number of esters is 1. The molecule has 206 valence electrons. The molecule has 1 aliphatic rings. The van der Waals surface area contributed by atoms with Crippen molar-refractivity contribution in [2.75, 3.05) is 20.3 Å². The number of phenols is 1. The molecule has 0 unspecified atom stereocenters. The van der Waals surface area contributed by atoms with Crippen LogP contribution in [0.5, 0.6) is 11.5 Å². The molecular formula is C31H30N2O6S. The Morgan fingerprint density at radius 1 is 1.10 bits per heavy atom. The molecule has 1 atom stereocenters. The van der Waals surface area contributed by atoms with Crippen LogP contribution in [0.4, 0.5) is 0 Å². The van der Waals surface area contributed by atoms with Gasteiger partial charge in [0, 0.05) is 18.2 Å². The summed E-state index contributed by atoms with van der Waals surface area (Å²) in [5.74, 6) is 0.0413. The molecule has 0 spiro atoms. The number of allylic oxidation sites excluding steroid dienone is 1. The number of nitrogens with zero attached hydrogens (tertiary/aromatic N) is 2. The SMILES string of the molecule is COCCOC(=O)C1=C(C)N=c2s/c(=C/c3c(O)ccc4ccccc34)c(=O)n2[C@H]1c1ccccc1OC(C)C. The molecule has 4 aromatic rings. The lowest BCUT2D eigenvalue weighted by Crippen LogP contribution is -2.40. The first-order valence-corrected chi connectivity index (χ1v) is 13.8. The van der Waals surface area contributed by atoms with Crippen molar-refractivity contribution in [3.63, 3.8) is 0 Å². The smallest absolute Gasteiger partial charge is 0.338 e. The Bertz CT molecular complexity index is 1800. The number of aromatic nitrogens is 1. The molecular weight excluding hydrogens is 528 g/mol. The summed E-state index contributed by atoms with van der Waals surface area (Å²) in [5, 5.41) is 12.5. The van der Waals surface area contributed by atoms with Gasteiger partial charge >= 0.3 is 5.97 Å². The second-order valence-corrected chi connectivity index (χ2v) is 10.6. The fraction of sp³-hybridized carbons (Fsp3) is 0.258. The number of hydrogen-bond donors (Lipinski definition) is 1. The molecule has 1 aliphatic heterocycles. The Kier molecular flexibility index (Phi) is 7.86. The third-order valence-corrected chi connectivity index (χ3v) is 7.54. The van der Waals surface area contributed by atoms with E-state index in [1.807, 2.05) is 68.4 Å². The number of phenolic OH excluding ortho intramolecular Hbond substituents is 1. The summed E-state index contributed by atoms with van der Waals surface area (Å²) in [6.45, 7) is 5.87. The van der Waals surface area contributed by atoms with Crippen LogP contribution in [0.3, 0.4) is 0 Å². The Labute approximate surface area is 235 Å². The molecule has 40 heavy (non-hydrogen) atoms. The van der Waals surface area contributed by atoms with Crippen molar-refractivity contribution in [3.8, 4) is 11.5 Å². The van der Waals surface area contributed by atoms with Gasteiger partial charge in [-0.05, 0) is 49.8 Å². The first-order valence-electron chi connectivity index (χ1n) is 12.9. The van der Waals surface area contributed by atoms with Crippen LogP contribution in [-0.2, 0) is 14.3 Å². The van der Waals surface area contributed by atoms with Crippen LogP contribution in [0.15, 0.2) is 81.7 Å². The molecule has 1 N–H and O–H groups in total. The number of methoxy groups -OCH3 is 1. The number of para-hydroxylation sites is 1. The first kappa shape index (κ1) is 27.4. The quantitative estimate of drug-likeness (QED) is 0.259. The lowest BCUT2D eigenvalue weighted by Gasteiger charge is -2.27. The topological polar surface area (TPSA) is 99.4 Å². The van der Waals surface area contributed by atoms with Crippen LogP contribution in [0.25, 0.3) is 16.8 Å². The zero-order chi connectivity index (χ0) is 28.4. The van der Waals surface area contributed by atoms with E-state index in [-0.39, 0.29) is 36.2 Å². The van der Waals surface area contributed by atoms with Crippen LogP contribution in [0.2, 0.25) is 0 Å². The third-order valence-electron chi connectivity index (χ3n) is 6.56. The van der Waals surface area contributed by atoms with E-state index < -0.39 is 12.0 Å². The molecule has 0 saturated heterocycles. The number of fused-ring (bicyclic) bond motifs is 2. The van der Waals surface area contributed by atoms with Gasteiger partial charge in [0.15, 0.2) is 4.80 Å². The average molecular weight is 559 g/mol. The highest BCUT2D eigenvalue weighted by Crippen LogP contribution is 2.36. The minimum Gasteiger partial charge on any atom is -0.507 e. The maximum Gasteiger partial charge on any atom is 0.338 e. The van der Waals surface area contributed by atoms with E-state index in [9.17, 15) is 14.7 Å². The van der Waals surface area contributed by atoms with Gasteiger partial charge in [0.1, 0.15) is 24.1 Å². The van der Waals surface area contributed by atoms with Gasteiger partial charge in [-0.15, -0.1) is 0 Å². The highest BCUT2D eigenvalue weighted by atomic mass is 32.1. The van der Waals surface area contributed by atoms with E-state index >= 15 is 0 Å². The van der Waals surface area contributed by atoms with Crippen molar-refractivity contribution >= 4 is 34.2 Å². The number of carbonyl (C=O) groups excluding carboxylic acids is 1. The van der Waals surface area contributed by atoms with Gasteiger partial charge in [0.2, 0.25) is 0 Å². The van der Waals surface area contributed by atoms with Crippen molar-refractivity contribution in [3.05, 3.63) is 103 Å². The molecule has 0 radical (unpaired) electrons. The van der Waals surface area contributed by atoms with Crippen LogP contribution in [-0.4, -0.2) is 42.1 Å².